The van der Waals surface area contributed by atoms with E-state index in [0.717, 1.165) is 116 Å². The molecule has 0 aliphatic rings. The first-order chi connectivity index (χ1) is 34.9. The van der Waals surface area contributed by atoms with Crippen molar-refractivity contribution in [2.75, 3.05) is 0 Å². The molecule has 0 bridgehead atoms. The lowest BCUT2D eigenvalue weighted by molar-refractivity contribution is -0.137. The zero-order chi connectivity index (χ0) is 49.4. The second kappa shape index (κ2) is 17.2. The second-order valence-corrected chi connectivity index (χ2v) is 19.1. The Morgan fingerprint density at radius 2 is 0.694 bits per heavy atom. The largest absolute Gasteiger partial charge is 0.417 e. The molecule has 0 amide bonds. The van der Waals surface area contributed by atoms with Crippen molar-refractivity contribution in [1.82, 2.24) is 9.13 Å². The van der Waals surface area contributed by atoms with Gasteiger partial charge in [0.15, 0.2) is 0 Å². The Morgan fingerprint density at radius 3 is 1.04 bits per heavy atom. The number of halogens is 3. The molecule has 2 heterocycles. The van der Waals surface area contributed by atoms with Gasteiger partial charge in [-0.1, -0.05) is 186 Å². The van der Waals surface area contributed by atoms with E-state index in [0.29, 0.717) is 22.5 Å². The number of hydrogen-bond donors (Lipinski definition) is 0. The zero-order valence-corrected chi connectivity index (χ0v) is 40.1. The van der Waals surface area contributed by atoms with E-state index in [-0.39, 0.29) is 5.56 Å². The average Bonchev–Trinajstić information content (AvgIpc) is 3.89. The molecule has 10 aromatic carbocycles. The first-order valence-corrected chi connectivity index (χ1v) is 24.1. The van der Waals surface area contributed by atoms with Crippen LogP contribution in [-0.4, -0.2) is 9.13 Å². The lowest BCUT2D eigenvalue weighted by Crippen LogP contribution is -2.09. The second-order valence-electron chi connectivity index (χ2n) is 19.1. The number of rotatable bonds is 7. The van der Waals surface area contributed by atoms with Crippen LogP contribution in [-0.2, 0) is 6.18 Å². The van der Waals surface area contributed by atoms with Crippen LogP contribution in [0.2, 0.25) is 0 Å². The van der Waals surface area contributed by atoms with Gasteiger partial charge in [0.2, 0.25) is 0 Å². The normalized spacial score (nSPS) is 11.8. The molecule has 346 valence electrons. The first-order valence-electron chi connectivity index (χ1n) is 24.1. The van der Waals surface area contributed by atoms with Crippen molar-refractivity contribution in [1.29, 1.82) is 5.26 Å². The highest BCUT2D eigenvalue weighted by Crippen LogP contribution is 2.46. The summed E-state index contributed by atoms with van der Waals surface area (Å²) in [4.78, 5) is 0. The minimum absolute atomic E-state index is 0.00656. The third kappa shape index (κ3) is 7.62. The average molecular weight is 938 g/mol. The molecule has 0 atom stereocenters. The van der Waals surface area contributed by atoms with E-state index in [4.69, 9.17) is 0 Å². The van der Waals surface area contributed by atoms with Gasteiger partial charge in [-0.25, -0.2) is 0 Å². The minimum atomic E-state index is -4.70. The fourth-order valence-corrected chi connectivity index (χ4v) is 10.8. The van der Waals surface area contributed by atoms with Crippen LogP contribution in [0.25, 0.3) is 111 Å². The monoisotopic (exact) mass is 937 g/mol. The molecule has 2 aromatic heterocycles. The number of nitriles is 1. The van der Waals surface area contributed by atoms with Gasteiger partial charge < -0.3 is 9.13 Å². The third-order valence-corrected chi connectivity index (χ3v) is 14.2. The van der Waals surface area contributed by atoms with E-state index in [1.165, 1.54) is 6.07 Å². The summed E-state index contributed by atoms with van der Waals surface area (Å²) < 4.78 is 51.0. The van der Waals surface area contributed by atoms with Gasteiger partial charge in [-0.15, -0.1) is 0 Å². The van der Waals surface area contributed by atoms with E-state index in [1.807, 2.05) is 36.4 Å². The van der Waals surface area contributed by atoms with E-state index in [2.05, 4.69) is 188 Å². The van der Waals surface area contributed by atoms with Gasteiger partial charge in [0.1, 0.15) is 6.07 Å². The van der Waals surface area contributed by atoms with Crippen LogP contribution in [0.5, 0.6) is 0 Å². The molecule has 0 unspecified atom stereocenters. The lowest BCUT2D eigenvalue weighted by atomic mass is 9.94. The molecule has 0 saturated carbocycles. The highest BCUT2D eigenvalue weighted by atomic mass is 19.4. The van der Waals surface area contributed by atoms with Crippen LogP contribution >= 0.6 is 0 Å². The van der Waals surface area contributed by atoms with Gasteiger partial charge in [0.05, 0.1) is 44.6 Å². The number of alkyl halides is 3. The first kappa shape index (κ1) is 44.3. The number of fused-ring (bicyclic) bond motifs is 6. The van der Waals surface area contributed by atoms with Gasteiger partial charge in [-0.05, 0) is 120 Å². The highest BCUT2D eigenvalue weighted by molar-refractivity contribution is 6.13. The summed E-state index contributed by atoms with van der Waals surface area (Å²) >= 11 is 0. The standard InChI is InChI=1S/C66H46F3N3/c1-40-11-7-15-44(29-40)48-21-25-54-55-26-22-49(45-16-8-12-41(2)30-45)34-62(55)71(61(54)33-48)60-38-58(53-19-5-6-20-59(53)66(67,68)69)65(37-52(60)39-70)72-63-35-50(46-17-9-13-42(3)31-46)23-27-56(63)57-28-24-51(36-64(57)72)47-18-10-14-43(4)32-47/h5-38H,1-4H3. The molecule has 0 N–H and O–H groups in total. The van der Waals surface area contributed by atoms with Gasteiger partial charge >= 0.3 is 6.18 Å². The molecule has 72 heavy (non-hydrogen) atoms. The minimum Gasteiger partial charge on any atom is -0.309 e. The maximum absolute atomic E-state index is 15.6. The molecular weight excluding hydrogens is 892 g/mol. The Bertz CT molecular complexity index is 4010. The Morgan fingerprint density at radius 1 is 0.347 bits per heavy atom. The smallest absolute Gasteiger partial charge is 0.309 e. The molecule has 12 aromatic rings. The van der Waals surface area contributed by atoms with Crippen molar-refractivity contribution in [2.45, 2.75) is 33.9 Å². The third-order valence-electron chi connectivity index (χ3n) is 14.2. The summed E-state index contributed by atoms with van der Waals surface area (Å²) in [6, 6.07) is 70.7. The Kier molecular flexibility index (Phi) is 10.6. The molecule has 0 fully saturated rings. The molecule has 12 rings (SSSR count). The predicted molar refractivity (Wildman–Crippen MR) is 291 cm³/mol. The summed E-state index contributed by atoms with van der Waals surface area (Å²) in [5.41, 5.74) is 16.5. The summed E-state index contributed by atoms with van der Waals surface area (Å²) in [6.07, 6.45) is -4.70. The van der Waals surface area contributed by atoms with Crippen molar-refractivity contribution in [3.8, 4) is 73.1 Å². The number of aromatic nitrogens is 2. The fourth-order valence-electron chi connectivity index (χ4n) is 10.8. The molecule has 0 saturated heterocycles. The van der Waals surface area contributed by atoms with Crippen LogP contribution in [0, 0.1) is 39.0 Å². The summed E-state index contributed by atoms with van der Waals surface area (Å²) in [6.45, 7) is 8.25. The van der Waals surface area contributed by atoms with E-state index in [9.17, 15) is 5.26 Å². The Balaban J connectivity index is 1.22. The number of aryl methyl sites for hydroxylation is 4. The van der Waals surface area contributed by atoms with Gasteiger partial charge in [0, 0.05) is 27.1 Å². The summed E-state index contributed by atoms with van der Waals surface area (Å²) in [5, 5.41) is 15.3. The SMILES string of the molecule is Cc1cccc(-c2ccc3c4ccc(-c5cccc(C)c5)cc4n(-c4cc(-c5ccccc5C(F)(F)F)c(-n5c6cc(-c7cccc(C)c7)ccc6c6ccc(-c7cccc(C)c7)cc65)cc4C#N)c3c2)c1. The van der Waals surface area contributed by atoms with Crippen molar-refractivity contribution >= 4 is 43.6 Å². The van der Waals surface area contributed by atoms with E-state index >= 15 is 13.2 Å². The van der Waals surface area contributed by atoms with Crippen LogP contribution in [0.3, 0.4) is 0 Å². The number of benzene rings is 10. The Hall–Kier alpha value is -8.92. The summed E-state index contributed by atoms with van der Waals surface area (Å²) in [7, 11) is 0. The molecule has 0 aliphatic heterocycles. The summed E-state index contributed by atoms with van der Waals surface area (Å²) in [5.74, 6) is 0. The molecule has 0 spiro atoms. The number of nitrogens with zero attached hydrogens (tertiary/aromatic N) is 3. The van der Waals surface area contributed by atoms with E-state index < -0.39 is 11.7 Å². The van der Waals surface area contributed by atoms with Crippen LogP contribution in [0.4, 0.5) is 13.2 Å². The van der Waals surface area contributed by atoms with Crippen LogP contribution in [0.15, 0.2) is 206 Å². The predicted octanol–water partition coefficient (Wildman–Crippen LogP) is 18.3. The number of hydrogen-bond acceptors (Lipinski definition) is 1. The topological polar surface area (TPSA) is 33.6 Å². The van der Waals surface area contributed by atoms with Crippen molar-refractivity contribution in [3.63, 3.8) is 0 Å². The van der Waals surface area contributed by atoms with Gasteiger partial charge in [0.25, 0.3) is 0 Å². The van der Waals surface area contributed by atoms with Crippen molar-refractivity contribution < 1.29 is 13.2 Å². The van der Waals surface area contributed by atoms with E-state index in [1.54, 1.807) is 12.1 Å². The maximum Gasteiger partial charge on any atom is 0.417 e. The van der Waals surface area contributed by atoms with Gasteiger partial charge in [-0.3, -0.25) is 0 Å². The van der Waals surface area contributed by atoms with Crippen molar-refractivity contribution in [3.05, 3.63) is 240 Å². The maximum atomic E-state index is 15.6. The molecule has 0 radical (unpaired) electrons. The van der Waals surface area contributed by atoms with Crippen molar-refractivity contribution in [2.24, 2.45) is 0 Å². The highest BCUT2D eigenvalue weighted by Gasteiger charge is 2.35. The zero-order valence-electron chi connectivity index (χ0n) is 40.1. The fraction of sp³-hybridized carbons (Fsp3) is 0.0758. The van der Waals surface area contributed by atoms with Gasteiger partial charge in [-0.2, -0.15) is 18.4 Å². The molecule has 0 aliphatic carbocycles. The molecular formula is C66H46F3N3. The molecule has 6 heteroatoms. The van der Waals surface area contributed by atoms with Crippen LogP contribution in [0.1, 0.15) is 33.4 Å². The quantitative estimate of drug-likeness (QED) is 0.157. The lowest BCUT2D eigenvalue weighted by Gasteiger charge is -2.21. The van der Waals surface area contributed by atoms with Crippen LogP contribution < -0.4 is 0 Å². The molecule has 3 nitrogen and oxygen atoms in total. The Labute approximate surface area is 415 Å².